The molecule has 0 radical (unpaired) electrons. The van der Waals surface area contributed by atoms with Crippen LogP contribution in [0.25, 0.3) is 16.9 Å². The molecule has 2 aromatic heterocycles. The van der Waals surface area contributed by atoms with Crippen molar-refractivity contribution in [1.82, 2.24) is 9.38 Å². The molecule has 0 spiro atoms. The lowest BCUT2D eigenvalue weighted by Gasteiger charge is -1.99. The Labute approximate surface area is 117 Å². The smallest absolute Gasteiger partial charge is 0.337 e. The summed E-state index contributed by atoms with van der Waals surface area (Å²) < 4.78 is 2.34. The molecule has 0 fully saturated rings. The molecule has 3 rings (SSSR count). The first-order valence-electron chi connectivity index (χ1n) is 5.62. The van der Waals surface area contributed by atoms with Crippen molar-refractivity contribution >= 4 is 27.5 Å². The molecule has 4 nitrogen and oxygen atoms in total. The highest BCUT2D eigenvalue weighted by molar-refractivity contribution is 9.10. The Morgan fingerprint density at radius 1 is 1.21 bits per heavy atom. The van der Waals surface area contributed by atoms with E-state index in [9.17, 15) is 4.79 Å². The van der Waals surface area contributed by atoms with Gasteiger partial charge < -0.3 is 9.51 Å². The van der Waals surface area contributed by atoms with E-state index in [0.717, 1.165) is 11.3 Å². The van der Waals surface area contributed by atoms with Gasteiger partial charge in [0.2, 0.25) is 0 Å². The molecule has 3 aromatic rings. The summed E-state index contributed by atoms with van der Waals surface area (Å²) in [6.07, 6.45) is 3.58. The van der Waals surface area contributed by atoms with Gasteiger partial charge in [-0.05, 0) is 22.0 Å². The zero-order chi connectivity index (χ0) is 13.4. The molecule has 0 aliphatic rings. The number of hydrogen-bond donors (Lipinski definition) is 1. The van der Waals surface area contributed by atoms with E-state index >= 15 is 0 Å². The first kappa shape index (κ1) is 11.9. The number of aromatic nitrogens is 2. The van der Waals surface area contributed by atoms with Gasteiger partial charge in [0, 0.05) is 22.4 Å². The van der Waals surface area contributed by atoms with Gasteiger partial charge in [-0.2, -0.15) is 0 Å². The van der Waals surface area contributed by atoms with Crippen LogP contribution >= 0.6 is 15.9 Å². The number of carboxylic acid groups (broad SMARTS) is 1. The molecule has 0 bridgehead atoms. The first-order valence-corrected chi connectivity index (χ1v) is 6.41. The monoisotopic (exact) mass is 316 g/mol. The van der Waals surface area contributed by atoms with Gasteiger partial charge in [0.05, 0.1) is 11.3 Å². The molecule has 0 aliphatic carbocycles. The van der Waals surface area contributed by atoms with Crippen LogP contribution in [0.5, 0.6) is 0 Å². The lowest BCUT2D eigenvalue weighted by Crippen LogP contribution is -1.99. The van der Waals surface area contributed by atoms with Gasteiger partial charge in [-0.3, -0.25) is 0 Å². The van der Waals surface area contributed by atoms with E-state index in [-0.39, 0.29) is 5.56 Å². The SMILES string of the molecule is O=C(O)c1cc2nc(-c3ccccc3)cn2cc1Br. The third-order valence-electron chi connectivity index (χ3n) is 2.84. The molecule has 0 atom stereocenters. The number of fused-ring (bicyclic) bond motifs is 1. The highest BCUT2D eigenvalue weighted by Crippen LogP contribution is 2.23. The average molecular weight is 317 g/mol. The normalized spacial score (nSPS) is 10.8. The molecule has 2 heterocycles. The molecule has 0 amide bonds. The highest BCUT2D eigenvalue weighted by Gasteiger charge is 2.12. The van der Waals surface area contributed by atoms with Crippen LogP contribution in [-0.2, 0) is 0 Å². The Kier molecular flexibility index (Phi) is 2.83. The highest BCUT2D eigenvalue weighted by atomic mass is 79.9. The number of hydrogen-bond acceptors (Lipinski definition) is 2. The second-order valence-corrected chi connectivity index (χ2v) is 4.95. The number of benzene rings is 1. The number of nitrogens with zero attached hydrogens (tertiary/aromatic N) is 2. The van der Waals surface area contributed by atoms with E-state index in [0.29, 0.717) is 10.1 Å². The standard InChI is InChI=1S/C14H9BrN2O2/c15-11-7-17-8-12(9-4-2-1-3-5-9)16-13(17)6-10(11)14(18)19/h1-8H,(H,18,19). The number of rotatable bonds is 2. The molecule has 5 heteroatoms. The first-order chi connectivity index (χ1) is 9.15. The lowest BCUT2D eigenvalue weighted by atomic mass is 10.2. The quantitative estimate of drug-likeness (QED) is 0.787. The van der Waals surface area contributed by atoms with Crippen LogP contribution in [-0.4, -0.2) is 20.5 Å². The fourth-order valence-corrected chi connectivity index (χ4v) is 2.42. The predicted octanol–water partition coefficient (Wildman–Crippen LogP) is 3.46. The van der Waals surface area contributed by atoms with E-state index in [4.69, 9.17) is 5.11 Å². The molecule has 0 unspecified atom stereocenters. The van der Waals surface area contributed by atoms with Crippen molar-refractivity contribution in [2.24, 2.45) is 0 Å². The Morgan fingerprint density at radius 2 is 1.95 bits per heavy atom. The summed E-state index contributed by atoms with van der Waals surface area (Å²) in [5.41, 5.74) is 2.63. The van der Waals surface area contributed by atoms with Crippen LogP contribution in [0.1, 0.15) is 10.4 Å². The molecule has 1 N–H and O–H groups in total. The number of halogens is 1. The van der Waals surface area contributed by atoms with Gasteiger partial charge in [0.15, 0.2) is 0 Å². The number of aromatic carboxylic acids is 1. The summed E-state index contributed by atoms with van der Waals surface area (Å²) >= 11 is 3.25. The maximum atomic E-state index is 11.1. The number of carbonyl (C=O) groups is 1. The summed E-state index contributed by atoms with van der Waals surface area (Å²) in [7, 11) is 0. The minimum atomic E-state index is -0.973. The summed E-state index contributed by atoms with van der Waals surface area (Å²) in [5.74, 6) is -0.973. The minimum absolute atomic E-state index is 0.206. The zero-order valence-electron chi connectivity index (χ0n) is 9.75. The van der Waals surface area contributed by atoms with Crippen LogP contribution in [0.15, 0.2) is 53.3 Å². The third kappa shape index (κ3) is 2.13. The summed E-state index contributed by atoms with van der Waals surface area (Å²) in [5, 5.41) is 9.08. The Hall–Kier alpha value is -2.14. The van der Waals surface area contributed by atoms with Crippen molar-refractivity contribution in [2.75, 3.05) is 0 Å². The predicted molar refractivity (Wildman–Crippen MR) is 75.3 cm³/mol. The summed E-state index contributed by atoms with van der Waals surface area (Å²) in [6, 6.07) is 11.3. The maximum Gasteiger partial charge on any atom is 0.337 e. The number of imidazole rings is 1. The molecule has 19 heavy (non-hydrogen) atoms. The Morgan fingerprint density at radius 3 is 2.63 bits per heavy atom. The fraction of sp³-hybridized carbons (Fsp3) is 0. The second-order valence-electron chi connectivity index (χ2n) is 4.10. The summed E-state index contributed by atoms with van der Waals surface area (Å²) in [6.45, 7) is 0. The van der Waals surface area contributed by atoms with Crippen molar-refractivity contribution < 1.29 is 9.90 Å². The molecule has 1 aromatic carbocycles. The van der Waals surface area contributed by atoms with Crippen molar-refractivity contribution in [1.29, 1.82) is 0 Å². The molecule has 0 saturated carbocycles. The van der Waals surface area contributed by atoms with Crippen molar-refractivity contribution in [3.63, 3.8) is 0 Å². The van der Waals surface area contributed by atoms with Gasteiger partial charge in [-0.25, -0.2) is 9.78 Å². The lowest BCUT2D eigenvalue weighted by molar-refractivity contribution is 0.0696. The van der Waals surface area contributed by atoms with Gasteiger partial charge in [0.25, 0.3) is 0 Å². The van der Waals surface area contributed by atoms with E-state index in [1.165, 1.54) is 0 Å². The fourth-order valence-electron chi connectivity index (χ4n) is 1.92. The van der Waals surface area contributed by atoms with Crippen LogP contribution in [0.2, 0.25) is 0 Å². The van der Waals surface area contributed by atoms with Crippen molar-refractivity contribution in [2.45, 2.75) is 0 Å². The van der Waals surface area contributed by atoms with Crippen LogP contribution in [0, 0.1) is 0 Å². The Bertz CT molecular complexity index is 766. The molecule has 94 valence electrons. The third-order valence-corrected chi connectivity index (χ3v) is 3.48. The van der Waals surface area contributed by atoms with Gasteiger partial charge in [-0.1, -0.05) is 30.3 Å². The minimum Gasteiger partial charge on any atom is -0.478 e. The van der Waals surface area contributed by atoms with Crippen molar-refractivity contribution in [3.05, 3.63) is 58.8 Å². The van der Waals surface area contributed by atoms with E-state index < -0.39 is 5.97 Å². The summed E-state index contributed by atoms with van der Waals surface area (Å²) in [4.78, 5) is 15.5. The van der Waals surface area contributed by atoms with E-state index in [2.05, 4.69) is 20.9 Å². The molecular formula is C14H9BrN2O2. The molecule has 0 saturated heterocycles. The number of pyridine rings is 1. The molecular weight excluding hydrogens is 308 g/mol. The molecule has 0 aliphatic heterocycles. The largest absolute Gasteiger partial charge is 0.478 e. The van der Waals surface area contributed by atoms with Crippen LogP contribution in [0.3, 0.4) is 0 Å². The average Bonchev–Trinajstić information content (AvgIpc) is 2.81. The van der Waals surface area contributed by atoms with Gasteiger partial charge >= 0.3 is 5.97 Å². The van der Waals surface area contributed by atoms with Gasteiger partial charge in [-0.15, -0.1) is 0 Å². The second kappa shape index (κ2) is 4.51. The topological polar surface area (TPSA) is 54.6 Å². The maximum absolute atomic E-state index is 11.1. The van der Waals surface area contributed by atoms with E-state index in [1.54, 1.807) is 16.7 Å². The van der Waals surface area contributed by atoms with E-state index in [1.807, 2.05) is 36.5 Å². The van der Waals surface area contributed by atoms with Crippen molar-refractivity contribution in [3.8, 4) is 11.3 Å². The van der Waals surface area contributed by atoms with Crippen LogP contribution < -0.4 is 0 Å². The number of carboxylic acids is 1. The zero-order valence-corrected chi connectivity index (χ0v) is 11.3. The van der Waals surface area contributed by atoms with Crippen LogP contribution in [0.4, 0.5) is 0 Å². The Balaban J connectivity index is 2.19. The van der Waals surface area contributed by atoms with Gasteiger partial charge in [0.1, 0.15) is 5.65 Å².